The molecule has 0 saturated heterocycles. The number of carbonyl (C=O) groups excluding carboxylic acids is 1. The number of aromatic nitrogens is 3. The Morgan fingerprint density at radius 1 is 1.24 bits per heavy atom. The van der Waals surface area contributed by atoms with Crippen LogP contribution < -0.4 is 5.32 Å². The Bertz CT molecular complexity index is 674. The average molecular weight is 288 g/mol. The van der Waals surface area contributed by atoms with Crippen molar-refractivity contribution in [3.8, 4) is 11.3 Å². The molecule has 2 N–H and O–H groups in total. The first-order chi connectivity index (χ1) is 9.82. The van der Waals surface area contributed by atoms with Crippen molar-refractivity contribution in [2.24, 2.45) is 0 Å². The van der Waals surface area contributed by atoms with Gasteiger partial charge in [0.15, 0.2) is 5.54 Å². The van der Waals surface area contributed by atoms with Gasteiger partial charge in [-0.3, -0.25) is 4.79 Å². The van der Waals surface area contributed by atoms with Crippen molar-refractivity contribution < 1.29 is 14.7 Å². The second kappa shape index (κ2) is 5.35. The zero-order valence-corrected chi connectivity index (χ0v) is 12.0. The third-order valence-electron chi connectivity index (χ3n) is 3.10. The average Bonchev–Trinajstić information content (AvgIpc) is 2.88. The topological polar surface area (TPSA) is 97.1 Å². The molecule has 0 unspecified atom stereocenters. The number of amides is 1. The Hall–Kier alpha value is -2.70. The van der Waals surface area contributed by atoms with Crippen LogP contribution in [0.2, 0.25) is 0 Å². The molecule has 7 nitrogen and oxygen atoms in total. The van der Waals surface area contributed by atoms with Crippen LogP contribution in [-0.2, 0) is 15.1 Å². The lowest BCUT2D eigenvalue weighted by atomic mass is 10.0. The molecule has 21 heavy (non-hydrogen) atoms. The maximum Gasteiger partial charge on any atom is 0.331 e. The van der Waals surface area contributed by atoms with Gasteiger partial charge >= 0.3 is 5.97 Å². The van der Waals surface area contributed by atoms with Crippen LogP contribution in [0.4, 0.5) is 5.69 Å². The number of nitrogens with zero attached hydrogens (tertiary/aromatic N) is 3. The molecule has 0 spiro atoms. The Balaban J connectivity index is 2.38. The molecule has 1 aromatic heterocycles. The quantitative estimate of drug-likeness (QED) is 0.892. The van der Waals surface area contributed by atoms with Gasteiger partial charge in [0.25, 0.3) is 0 Å². The molecule has 0 radical (unpaired) electrons. The standard InChI is InChI=1S/C14H16N4O3/c1-9(19)16-11-6-4-10(5-7-11)12-8-15-17-18(12)14(2,3)13(20)21/h4-8H,1-3H3,(H,16,19)(H,20,21). The SMILES string of the molecule is CC(=O)Nc1ccc(-c2cnnn2C(C)(C)C(=O)O)cc1. The lowest BCUT2D eigenvalue weighted by Crippen LogP contribution is -2.37. The molecule has 0 fully saturated rings. The predicted octanol–water partition coefficient (Wildman–Crippen LogP) is 1.72. The molecule has 0 aliphatic rings. The summed E-state index contributed by atoms with van der Waals surface area (Å²) in [6.07, 6.45) is 1.51. The summed E-state index contributed by atoms with van der Waals surface area (Å²) in [6.45, 7) is 4.54. The van der Waals surface area contributed by atoms with Gasteiger partial charge < -0.3 is 10.4 Å². The number of nitrogens with one attached hydrogen (secondary N) is 1. The fraction of sp³-hybridized carbons (Fsp3) is 0.286. The molecule has 7 heteroatoms. The van der Waals surface area contributed by atoms with E-state index in [2.05, 4.69) is 15.6 Å². The van der Waals surface area contributed by atoms with Crippen LogP contribution in [0.25, 0.3) is 11.3 Å². The molecule has 0 saturated carbocycles. The van der Waals surface area contributed by atoms with Crippen molar-refractivity contribution in [1.82, 2.24) is 15.0 Å². The highest BCUT2D eigenvalue weighted by atomic mass is 16.4. The smallest absolute Gasteiger partial charge is 0.331 e. The van der Waals surface area contributed by atoms with Gasteiger partial charge in [-0.2, -0.15) is 0 Å². The van der Waals surface area contributed by atoms with E-state index in [0.29, 0.717) is 11.4 Å². The Labute approximate surface area is 121 Å². The molecule has 2 rings (SSSR count). The Kier molecular flexibility index (Phi) is 3.75. The maximum atomic E-state index is 11.3. The van der Waals surface area contributed by atoms with Crippen LogP contribution >= 0.6 is 0 Å². The zero-order valence-electron chi connectivity index (χ0n) is 12.0. The number of hydrogen-bond acceptors (Lipinski definition) is 4. The van der Waals surface area contributed by atoms with Crippen LogP contribution in [0.5, 0.6) is 0 Å². The van der Waals surface area contributed by atoms with Crippen LogP contribution in [0, 0.1) is 0 Å². The van der Waals surface area contributed by atoms with Crippen LogP contribution in [0.1, 0.15) is 20.8 Å². The molecule has 0 aliphatic carbocycles. The summed E-state index contributed by atoms with van der Waals surface area (Å²) < 4.78 is 1.36. The highest BCUT2D eigenvalue weighted by Gasteiger charge is 2.32. The van der Waals surface area contributed by atoms with E-state index in [1.165, 1.54) is 17.8 Å². The monoisotopic (exact) mass is 288 g/mol. The number of carbonyl (C=O) groups is 2. The number of carboxylic acid groups (broad SMARTS) is 1. The minimum atomic E-state index is -1.21. The predicted molar refractivity (Wildman–Crippen MR) is 76.7 cm³/mol. The van der Waals surface area contributed by atoms with Crippen molar-refractivity contribution in [2.75, 3.05) is 5.32 Å². The summed E-state index contributed by atoms with van der Waals surface area (Å²) in [5.74, 6) is -1.15. The van der Waals surface area contributed by atoms with E-state index < -0.39 is 11.5 Å². The third-order valence-corrected chi connectivity index (χ3v) is 3.10. The van der Waals surface area contributed by atoms with Gasteiger partial charge in [-0.25, -0.2) is 9.48 Å². The second-order valence-corrected chi connectivity index (χ2v) is 5.15. The molecule has 1 amide bonds. The first-order valence-corrected chi connectivity index (χ1v) is 6.35. The van der Waals surface area contributed by atoms with E-state index >= 15 is 0 Å². The largest absolute Gasteiger partial charge is 0.479 e. The van der Waals surface area contributed by atoms with Crippen LogP contribution in [-0.4, -0.2) is 32.0 Å². The van der Waals surface area contributed by atoms with Gasteiger partial charge in [-0.15, -0.1) is 5.10 Å². The minimum Gasteiger partial charge on any atom is -0.479 e. The summed E-state index contributed by atoms with van der Waals surface area (Å²) in [5, 5.41) is 19.6. The van der Waals surface area contributed by atoms with Crippen molar-refractivity contribution in [1.29, 1.82) is 0 Å². The first-order valence-electron chi connectivity index (χ1n) is 6.35. The summed E-state index contributed by atoms with van der Waals surface area (Å²) in [7, 11) is 0. The van der Waals surface area contributed by atoms with E-state index in [4.69, 9.17) is 0 Å². The summed E-state index contributed by atoms with van der Waals surface area (Å²) in [6, 6.07) is 7.03. The summed E-state index contributed by atoms with van der Waals surface area (Å²) in [4.78, 5) is 22.3. The molecule has 2 aromatic rings. The van der Waals surface area contributed by atoms with E-state index in [9.17, 15) is 14.7 Å². The normalized spacial score (nSPS) is 11.2. The number of hydrogen-bond donors (Lipinski definition) is 2. The lowest BCUT2D eigenvalue weighted by Gasteiger charge is -2.21. The van der Waals surface area contributed by atoms with Crippen molar-refractivity contribution >= 4 is 17.6 Å². The van der Waals surface area contributed by atoms with Gasteiger partial charge in [0.1, 0.15) is 0 Å². The number of carboxylic acids is 1. The highest BCUT2D eigenvalue weighted by Crippen LogP contribution is 2.25. The fourth-order valence-electron chi connectivity index (χ4n) is 1.86. The molecule has 1 aromatic carbocycles. The highest BCUT2D eigenvalue weighted by molar-refractivity contribution is 5.89. The summed E-state index contributed by atoms with van der Waals surface area (Å²) in [5.41, 5.74) is 0.824. The summed E-state index contributed by atoms with van der Waals surface area (Å²) >= 11 is 0. The van der Waals surface area contributed by atoms with Crippen molar-refractivity contribution in [2.45, 2.75) is 26.3 Å². The molecule has 1 heterocycles. The lowest BCUT2D eigenvalue weighted by molar-refractivity contribution is -0.146. The molecule has 110 valence electrons. The fourth-order valence-corrected chi connectivity index (χ4v) is 1.86. The molecular formula is C14H16N4O3. The van der Waals surface area contributed by atoms with Gasteiger partial charge in [0, 0.05) is 18.2 Å². The number of rotatable bonds is 4. The van der Waals surface area contributed by atoms with E-state index in [1.54, 1.807) is 38.1 Å². The first kappa shape index (κ1) is 14.7. The molecule has 0 atom stereocenters. The Morgan fingerprint density at radius 2 is 1.86 bits per heavy atom. The molecule has 0 bridgehead atoms. The molecule has 0 aliphatic heterocycles. The van der Waals surface area contributed by atoms with Crippen LogP contribution in [0.15, 0.2) is 30.5 Å². The van der Waals surface area contributed by atoms with Gasteiger partial charge in [-0.1, -0.05) is 17.3 Å². The van der Waals surface area contributed by atoms with Gasteiger partial charge in [-0.05, 0) is 26.0 Å². The minimum absolute atomic E-state index is 0.151. The van der Waals surface area contributed by atoms with Gasteiger partial charge in [0.2, 0.25) is 5.91 Å². The number of aliphatic carboxylic acids is 1. The zero-order chi connectivity index (χ0) is 15.6. The van der Waals surface area contributed by atoms with E-state index in [0.717, 1.165) is 5.56 Å². The Morgan fingerprint density at radius 3 is 2.38 bits per heavy atom. The van der Waals surface area contributed by atoms with Crippen molar-refractivity contribution in [3.63, 3.8) is 0 Å². The van der Waals surface area contributed by atoms with Crippen molar-refractivity contribution in [3.05, 3.63) is 30.5 Å². The number of benzene rings is 1. The number of anilines is 1. The second-order valence-electron chi connectivity index (χ2n) is 5.15. The third kappa shape index (κ3) is 2.91. The maximum absolute atomic E-state index is 11.3. The van der Waals surface area contributed by atoms with Crippen LogP contribution in [0.3, 0.4) is 0 Å². The van der Waals surface area contributed by atoms with E-state index in [1.807, 2.05) is 0 Å². The van der Waals surface area contributed by atoms with Gasteiger partial charge in [0.05, 0.1) is 11.9 Å². The molecular weight excluding hydrogens is 272 g/mol. The van der Waals surface area contributed by atoms with E-state index in [-0.39, 0.29) is 5.91 Å².